The fourth-order valence-electron chi connectivity index (χ4n) is 1.83. The minimum absolute atomic E-state index is 0.0770. The Balaban J connectivity index is 2.46. The lowest BCUT2D eigenvalue weighted by molar-refractivity contribution is 0.860. The third kappa shape index (κ3) is 2.81. The summed E-state index contributed by atoms with van der Waals surface area (Å²) >= 11 is 8.71. The van der Waals surface area contributed by atoms with E-state index < -0.39 is 0 Å². The van der Waals surface area contributed by atoms with E-state index in [-0.39, 0.29) is 6.04 Å². The van der Waals surface area contributed by atoms with Gasteiger partial charge < -0.3 is 5.73 Å². The van der Waals surface area contributed by atoms with E-state index >= 15 is 0 Å². The molecule has 0 saturated carbocycles. The van der Waals surface area contributed by atoms with Crippen LogP contribution in [0.4, 0.5) is 0 Å². The minimum Gasteiger partial charge on any atom is -0.320 e. The van der Waals surface area contributed by atoms with Crippen LogP contribution < -0.4 is 5.73 Å². The summed E-state index contributed by atoms with van der Waals surface area (Å²) in [6.45, 7) is 4.19. The predicted molar refractivity (Wildman–Crippen MR) is 81.7 cm³/mol. The average Bonchev–Trinajstić information content (AvgIpc) is 2.60. The van der Waals surface area contributed by atoms with Gasteiger partial charge in [-0.3, -0.25) is 0 Å². The Labute approximate surface area is 122 Å². The van der Waals surface area contributed by atoms with Crippen molar-refractivity contribution in [2.45, 2.75) is 19.9 Å². The van der Waals surface area contributed by atoms with Crippen LogP contribution >= 0.6 is 43.2 Å². The van der Waals surface area contributed by atoms with Crippen molar-refractivity contribution >= 4 is 43.2 Å². The molecule has 1 aromatic carbocycles. The second-order valence-electron chi connectivity index (χ2n) is 4.12. The number of halogens is 2. The highest BCUT2D eigenvalue weighted by atomic mass is 79.9. The van der Waals surface area contributed by atoms with Gasteiger partial charge in [-0.25, -0.2) is 0 Å². The van der Waals surface area contributed by atoms with Gasteiger partial charge in [-0.05, 0) is 68.5 Å². The summed E-state index contributed by atoms with van der Waals surface area (Å²) in [5.74, 6) is 0. The average molecular weight is 375 g/mol. The largest absolute Gasteiger partial charge is 0.320 e. The van der Waals surface area contributed by atoms with Gasteiger partial charge in [0.05, 0.1) is 13.6 Å². The Kier molecular flexibility index (Phi) is 4.08. The molecule has 1 unspecified atom stereocenters. The summed E-state index contributed by atoms with van der Waals surface area (Å²) in [7, 11) is 0. The van der Waals surface area contributed by atoms with Crippen LogP contribution in [-0.2, 0) is 0 Å². The summed E-state index contributed by atoms with van der Waals surface area (Å²) in [5.41, 5.74) is 11.2. The Hall–Kier alpha value is -0.160. The van der Waals surface area contributed by atoms with Crippen LogP contribution in [0.3, 0.4) is 0 Å². The normalized spacial score (nSPS) is 12.8. The Morgan fingerprint density at radius 1 is 1.12 bits per heavy atom. The van der Waals surface area contributed by atoms with E-state index in [9.17, 15) is 0 Å². The van der Waals surface area contributed by atoms with E-state index in [0.717, 1.165) is 13.1 Å². The molecule has 0 aliphatic heterocycles. The minimum atomic E-state index is -0.0770. The molecule has 1 nitrogen and oxygen atoms in total. The van der Waals surface area contributed by atoms with Crippen molar-refractivity contribution in [3.8, 4) is 0 Å². The molecule has 4 heteroatoms. The molecule has 17 heavy (non-hydrogen) atoms. The third-order valence-electron chi connectivity index (χ3n) is 2.79. The molecule has 2 rings (SSSR count). The maximum Gasteiger partial charge on any atom is 0.0761 e. The number of thiophene rings is 1. The predicted octanol–water partition coefficient (Wildman–Crippen LogP) is 4.94. The molecule has 90 valence electrons. The van der Waals surface area contributed by atoms with Crippen molar-refractivity contribution in [3.05, 3.63) is 54.1 Å². The SMILES string of the molecule is Cc1ccc(C)c(C(N)c2cc(Br)sc2Br)c1. The number of benzene rings is 1. The number of nitrogens with two attached hydrogens (primary N) is 1. The molecule has 0 aliphatic carbocycles. The van der Waals surface area contributed by atoms with Gasteiger partial charge in [-0.15, -0.1) is 11.3 Å². The monoisotopic (exact) mass is 373 g/mol. The molecule has 0 saturated heterocycles. The first-order valence-electron chi connectivity index (χ1n) is 5.26. The lowest BCUT2D eigenvalue weighted by atomic mass is 9.96. The summed E-state index contributed by atoms with van der Waals surface area (Å²) in [4.78, 5) is 0. The van der Waals surface area contributed by atoms with Crippen molar-refractivity contribution in [2.75, 3.05) is 0 Å². The Morgan fingerprint density at radius 3 is 2.41 bits per heavy atom. The molecular formula is C13H13Br2NS. The van der Waals surface area contributed by atoms with E-state index in [2.05, 4.69) is 70.0 Å². The van der Waals surface area contributed by atoms with Gasteiger partial charge in [-0.2, -0.15) is 0 Å². The summed E-state index contributed by atoms with van der Waals surface area (Å²) in [5, 5.41) is 0. The van der Waals surface area contributed by atoms with Gasteiger partial charge in [0.2, 0.25) is 0 Å². The molecule has 0 fully saturated rings. The molecule has 0 aliphatic rings. The molecule has 2 aromatic rings. The second kappa shape index (κ2) is 5.22. The molecular weight excluding hydrogens is 362 g/mol. The van der Waals surface area contributed by atoms with Crippen LogP contribution in [0.5, 0.6) is 0 Å². The standard InChI is InChI=1S/C13H13Br2NS/c1-7-3-4-8(2)9(5-7)12(16)10-6-11(14)17-13(10)15/h3-6,12H,16H2,1-2H3. The summed E-state index contributed by atoms with van der Waals surface area (Å²) in [6, 6.07) is 8.41. The summed E-state index contributed by atoms with van der Waals surface area (Å²) in [6.07, 6.45) is 0. The number of hydrogen-bond donors (Lipinski definition) is 1. The molecule has 1 aromatic heterocycles. The maximum absolute atomic E-state index is 6.36. The van der Waals surface area contributed by atoms with Crippen LogP contribution in [-0.4, -0.2) is 0 Å². The number of aryl methyl sites for hydroxylation is 2. The van der Waals surface area contributed by atoms with Gasteiger partial charge in [-0.1, -0.05) is 23.8 Å². The van der Waals surface area contributed by atoms with Crippen LogP contribution in [0.15, 0.2) is 31.8 Å². The van der Waals surface area contributed by atoms with E-state index in [1.54, 1.807) is 11.3 Å². The zero-order valence-electron chi connectivity index (χ0n) is 9.63. The Morgan fingerprint density at radius 2 is 1.82 bits per heavy atom. The molecule has 0 bridgehead atoms. The van der Waals surface area contributed by atoms with Crippen molar-refractivity contribution in [2.24, 2.45) is 5.73 Å². The molecule has 0 spiro atoms. The van der Waals surface area contributed by atoms with Crippen molar-refractivity contribution in [3.63, 3.8) is 0 Å². The van der Waals surface area contributed by atoms with E-state index in [1.165, 1.54) is 16.7 Å². The van der Waals surface area contributed by atoms with Crippen molar-refractivity contribution < 1.29 is 0 Å². The zero-order valence-corrected chi connectivity index (χ0v) is 13.6. The van der Waals surface area contributed by atoms with Gasteiger partial charge in [0.25, 0.3) is 0 Å². The van der Waals surface area contributed by atoms with E-state index in [0.29, 0.717) is 0 Å². The first kappa shape index (κ1) is 13.3. The molecule has 1 heterocycles. The van der Waals surface area contributed by atoms with Gasteiger partial charge in [0.15, 0.2) is 0 Å². The van der Waals surface area contributed by atoms with Crippen LogP contribution in [0.25, 0.3) is 0 Å². The topological polar surface area (TPSA) is 26.0 Å². The number of hydrogen-bond acceptors (Lipinski definition) is 2. The molecule has 2 N–H and O–H groups in total. The first-order chi connectivity index (χ1) is 7.99. The maximum atomic E-state index is 6.36. The third-order valence-corrected chi connectivity index (χ3v) is 5.17. The highest BCUT2D eigenvalue weighted by molar-refractivity contribution is 9.12. The van der Waals surface area contributed by atoms with Crippen molar-refractivity contribution in [1.29, 1.82) is 0 Å². The highest BCUT2D eigenvalue weighted by Crippen LogP contribution is 2.37. The molecule has 0 amide bonds. The highest BCUT2D eigenvalue weighted by Gasteiger charge is 2.16. The Bertz CT molecular complexity index is 548. The number of rotatable bonds is 2. The van der Waals surface area contributed by atoms with Crippen LogP contribution in [0.1, 0.15) is 28.3 Å². The smallest absolute Gasteiger partial charge is 0.0761 e. The van der Waals surface area contributed by atoms with Gasteiger partial charge in [0, 0.05) is 0 Å². The van der Waals surface area contributed by atoms with Crippen LogP contribution in [0.2, 0.25) is 0 Å². The van der Waals surface area contributed by atoms with Crippen molar-refractivity contribution in [1.82, 2.24) is 0 Å². The van der Waals surface area contributed by atoms with E-state index in [1.807, 2.05) is 0 Å². The quantitative estimate of drug-likeness (QED) is 0.791. The van der Waals surface area contributed by atoms with Gasteiger partial charge >= 0.3 is 0 Å². The lowest BCUT2D eigenvalue weighted by Gasteiger charge is -2.15. The first-order valence-corrected chi connectivity index (χ1v) is 7.66. The van der Waals surface area contributed by atoms with Gasteiger partial charge in [0.1, 0.15) is 0 Å². The van der Waals surface area contributed by atoms with Crippen LogP contribution in [0, 0.1) is 13.8 Å². The fourth-order valence-corrected chi connectivity index (χ4v) is 4.76. The fraction of sp³-hybridized carbons (Fsp3) is 0.231. The lowest BCUT2D eigenvalue weighted by Crippen LogP contribution is -2.13. The van der Waals surface area contributed by atoms with E-state index in [4.69, 9.17) is 5.73 Å². The zero-order chi connectivity index (χ0) is 12.6. The summed E-state index contributed by atoms with van der Waals surface area (Å²) < 4.78 is 2.19. The molecule has 0 radical (unpaired) electrons. The second-order valence-corrected chi connectivity index (χ2v) is 7.87. The molecule has 1 atom stereocenters.